The van der Waals surface area contributed by atoms with Crippen LogP contribution in [0.2, 0.25) is 0 Å². The maximum atomic E-state index is 13.5. The second kappa shape index (κ2) is 8.44. The van der Waals surface area contributed by atoms with E-state index in [2.05, 4.69) is 15.4 Å². The van der Waals surface area contributed by atoms with Gasteiger partial charge in [0.15, 0.2) is 0 Å². The SMILES string of the molecule is CS(=O)(=O)Nc1cc(NC(=O)CC2CNCCO2)ccc1F.Cl. The van der Waals surface area contributed by atoms with Crippen molar-refractivity contribution in [2.45, 2.75) is 12.5 Å². The van der Waals surface area contributed by atoms with Gasteiger partial charge in [-0.15, -0.1) is 12.4 Å². The van der Waals surface area contributed by atoms with E-state index < -0.39 is 15.8 Å². The first kappa shape index (κ1) is 19.6. The quantitative estimate of drug-likeness (QED) is 0.719. The Hall–Kier alpha value is -1.42. The molecule has 1 atom stereocenters. The molecule has 0 radical (unpaired) electrons. The summed E-state index contributed by atoms with van der Waals surface area (Å²) < 4.78 is 43.3. The van der Waals surface area contributed by atoms with Crippen LogP contribution >= 0.6 is 12.4 Å². The largest absolute Gasteiger partial charge is 0.375 e. The molecule has 0 spiro atoms. The van der Waals surface area contributed by atoms with Gasteiger partial charge in [0.25, 0.3) is 0 Å². The standard InChI is InChI=1S/C13H18FN3O4S.ClH/c1-22(19,20)17-12-6-9(2-3-11(12)14)16-13(18)7-10-8-15-4-5-21-10;/h2-3,6,10,15,17H,4-5,7-8H2,1H3,(H,16,18);1H. The maximum absolute atomic E-state index is 13.5. The first-order chi connectivity index (χ1) is 10.3. The van der Waals surface area contributed by atoms with Crippen LogP contribution in [0, 0.1) is 5.82 Å². The first-order valence-corrected chi connectivity index (χ1v) is 8.62. The number of anilines is 2. The molecule has 1 amide bonds. The number of ether oxygens (including phenoxy) is 1. The summed E-state index contributed by atoms with van der Waals surface area (Å²) in [5.41, 5.74) is 0.0946. The summed E-state index contributed by atoms with van der Waals surface area (Å²) in [5.74, 6) is -1.01. The van der Waals surface area contributed by atoms with Gasteiger partial charge < -0.3 is 15.4 Å². The maximum Gasteiger partial charge on any atom is 0.229 e. The number of nitrogens with one attached hydrogen (secondary N) is 3. The molecule has 23 heavy (non-hydrogen) atoms. The Bertz CT molecular complexity index is 651. The third kappa shape index (κ3) is 6.69. The van der Waals surface area contributed by atoms with Gasteiger partial charge in [-0.3, -0.25) is 9.52 Å². The molecule has 1 aliphatic rings. The number of hydrogen-bond acceptors (Lipinski definition) is 5. The van der Waals surface area contributed by atoms with Crippen molar-refractivity contribution < 1.29 is 22.3 Å². The van der Waals surface area contributed by atoms with Crippen LogP contribution < -0.4 is 15.4 Å². The second-order valence-corrected chi connectivity index (χ2v) is 6.77. The number of morpholine rings is 1. The molecule has 1 aromatic rings. The van der Waals surface area contributed by atoms with Crippen molar-refractivity contribution in [2.75, 3.05) is 36.0 Å². The van der Waals surface area contributed by atoms with Crippen molar-refractivity contribution >= 4 is 39.7 Å². The summed E-state index contributed by atoms with van der Waals surface area (Å²) in [7, 11) is -3.60. The molecule has 1 aliphatic heterocycles. The summed E-state index contributed by atoms with van der Waals surface area (Å²) in [6.45, 7) is 1.91. The fourth-order valence-corrected chi connectivity index (χ4v) is 2.61. The lowest BCUT2D eigenvalue weighted by Gasteiger charge is -2.23. The number of hydrogen-bond donors (Lipinski definition) is 3. The van der Waals surface area contributed by atoms with Crippen molar-refractivity contribution in [2.24, 2.45) is 0 Å². The van der Waals surface area contributed by atoms with E-state index in [1.165, 1.54) is 12.1 Å². The minimum Gasteiger partial charge on any atom is -0.375 e. The van der Waals surface area contributed by atoms with Gasteiger partial charge in [0.2, 0.25) is 15.9 Å². The Morgan fingerprint density at radius 2 is 2.22 bits per heavy atom. The van der Waals surface area contributed by atoms with E-state index in [0.29, 0.717) is 18.8 Å². The van der Waals surface area contributed by atoms with Gasteiger partial charge in [-0.1, -0.05) is 0 Å². The van der Waals surface area contributed by atoms with E-state index >= 15 is 0 Å². The predicted octanol–water partition coefficient (Wildman–Crippen LogP) is 0.936. The molecule has 3 N–H and O–H groups in total. The number of halogens is 2. The van der Waals surface area contributed by atoms with Crippen molar-refractivity contribution in [3.63, 3.8) is 0 Å². The van der Waals surface area contributed by atoms with Crippen molar-refractivity contribution in [3.05, 3.63) is 24.0 Å². The first-order valence-electron chi connectivity index (χ1n) is 6.73. The van der Waals surface area contributed by atoms with Crippen LogP contribution in [0.15, 0.2) is 18.2 Å². The Labute approximate surface area is 140 Å². The Kier molecular flexibility index (Phi) is 7.20. The molecular formula is C13H19ClFN3O4S. The lowest BCUT2D eigenvalue weighted by atomic mass is 10.2. The number of benzene rings is 1. The minimum atomic E-state index is -3.60. The third-order valence-corrected chi connectivity index (χ3v) is 3.55. The Morgan fingerprint density at radius 1 is 1.48 bits per heavy atom. The molecule has 7 nitrogen and oxygen atoms in total. The molecule has 0 aliphatic carbocycles. The van der Waals surface area contributed by atoms with E-state index in [4.69, 9.17) is 4.74 Å². The molecule has 0 bridgehead atoms. The molecule has 0 saturated carbocycles. The van der Waals surface area contributed by atoms with Gasteiger partial charge in [0.05, 0.1) is 31.1 Å². The van der Waals surface area contributed by atoms with Crippen LogP contribution in [0.3, 0.4) is 0 Å². The van der Waals surface area contributed by atoms with E-state index in [-0.39, 0.29) is 36.5 Å². The molecule has 1 unspecified atom stereocenters. The minimum absolute atomic E-state index is 0. The van der Waals surface area contributed by atoms with Crippen molar-refractivity contribution in [1.29, 1.82) is 0 Å². The number of carbonyl (C=O) groups is 1. The fraction of sp³-hybridized carbons (Fsp3) is 0.462. The van der Waals surface area contributed by atoms with Crippen LogP contribution in [0.1, 0.15) is 6.42 Å². The molecule has 0 aromatic heterocycles. The fourth-order valence-electron chi connectivity index (χ4n) is 2.05. The zero-order valence-electron chi connectivity index (χ0n) is 12.5. The number of amides is 1. The van der Waals surface area contributed by atoms with Crippen LogP contribution in [-0.2, 0) is 19.6 Å². The van der Waals surface area contributed by atoms with Gasteiger partial charge in [-0.05, 0) is 18.2 Å². The summed E-state index contributed by atoms with van der Waals surface area (Å²) in [4.78, 5) is 11.9. The topological polar surface area (TPSA) is 96.5 Å². The molecule has 1 fully saturated rings. The average molecular weight is 368 g/mol. The highest BCUT2D eigenvalue weighted by atomic mass is 35.5. The number of rotatable bonds is 5. The highest BCUT2D eigenvalue weighted by Gasteiger charge is 2.18. The van der Waals surface area contributed by atoms with Gasteiger partial charge in [-0.25, -0.2) is 12.8 Å². The number of carbonyl (C=O) groups excluding carboxylic acids is 1. The van der Waals surface area contributed by atoms with Crippen molar-refractivity contribution in [1.82, 2.24) is 5.32 Å². The molecule has 2 rings (SSSR count). The second-order valence-electron chi connectivity index (χ2n) is 5.02. The lowest BCUT2D eigenvalue weighted by molar-refractivity contribution is -0.119. The molecule has 1 heterocycles. The van der Waals surface area contributed by atoms with Crippen LogP contribution in [0.25, 0.3) is 0 Å². The summed E-state index contributed by atoms with van der Waals surface area (Å²) in [5, 5.41) is 5.71. The molecule has 1 aromatic carbocycles. The Balaban J connectivity index is 0.00000264. The zero-order valence-corrected chi connectivity index (χ0v) is 14.1. The van der Waals surface area contributed by atoms with Crippen molar-refractivity contribution in [3.8, 4) is 0 Å². The summed E-state index contributed by atoms with van der Waals surface area (Å²) >= 11 is 0. The van der Waals surface area contributed by atoms with Crippen LogP contribution in [0.4, 0.5) is 15.8 Å². The third-order valence-electron chi connectivity index (χ3n) is 2.96. The highest BCUT2D eigenvalue weighted by molar-refractivity contribution is 7.92. The smallest absolute Gasteiger partial charge is 0.229 e. The molecule has 1 saturated heterocycles. The monoisotopic (exact) mass is 367 g/mol. The van der Waals surface area contributed by atoms with E-state index in [0.717, 1.165) is 18.9 Å². The normalized spacial score (nSPS) is 17.9. The van der Waals surface area contributed by atoms with E-state index in [9.17, 15) is 17.6 Å². The van der Waals surface area contributed by atoms with Gasteiger partial charge >= 0.3 is 0 Å². The molecular weight excluding hydrogens is 349 g/mol. The van der Waals surface area contributed by atoms with E-state index in [1.807, 2.05) is 0 Å². The molecule has 130 valence electrons. The van der Waals surface area contributed by atoms with Crippen LogP contribution in [-0.4, -0.2) is 46.4 Å². The average Bonchev–Trinajstić information content (AvgIpc) is 2.42. The Morgan fingerprint density at radius 3 is 2.83 bits per heavy atom. The zero-order chi connectivity index (χ0) is 16.2. The van der Waals surface area contributed by atoms with Crippen LogP contribution in [0.5, 0.6) is 0 Å². The highest BCUT2D eigenvalue weighted by Crippen LogP contribution is 2.21. The van der Waals surface area contributed by atoms with Gasteiger partial charge in [0, 0.05) is 18.8 Å². The van der Waals surface area contributed by atoms with Gasteiger partial charge in [0.1, 0.15) is 5.82 Å². The predicted molar refractivity (Wildman–Crippen MR) is 88.0 cm³/mol. The van der Waals surface area contributed by atoms with Gasteiger partial charge in [-0.2, -0.15) is 0 Å². The summed E-state index contributed by atoms with van der Waals surface area (Å²) in [6, 6.07) is 3.68. The molecule has 10 heteroatoms. The summed E-state index contributed by atoms with van der Waals surface area (Å²) in [6.07, 6.45) is 0.882. The number of sulfonamides is 1. The lowest BCUT2D eigenvalue weighted by Crippen LogP contribution is -2.40. The van der Waals surface area contributed by atoms with E-state index in [1.54, 1.807) is 0 Å².